The van der Waals surface area contributed by atoms with Crippen LogP contribution >= 0.6 is 0 Å². The second-order valence-corrected chi connectivity index (χ2v) is 6.09. The molecule has 6 heteroatoms. The number of nitrogens with one attached hydrogen (secondary N) is 1. The normalized spacial score (nSPS) is 20.0. The summed E-state index contributed by atoms with van der Waals surface area (Å²) in [5, 5.41) is 6.70. The second-order valence-electron chi connectivity index (χ2n) is 6.09. The molecule has 0 aliphatic carbocycles. The lowest BCUT2D eigenvalue weighted by Gasteiger charge is -2.34. The highest BCUT2D eigenvalue weighted by molar-refractivity contribution is 5.88. The predicted molar refractivity (Wildman–Crippen MR) is 75.8 cm³/mol. The van der Waals surface area contributed by atoms with Gasteiger partial charge in [0.05, 0.1) is 19.3 Å². The molecule has 0 saturated carbocycles. The van der Waals surface area contributed by atoms with Gasteiger partial charge in [0.15, 0.2) is 5.82 Å². The Bertz CT molecular complexity index is 464. The summed E-state index contributed by atoms with van der Waals surface area (Å²) in [6, 6.07) is 1.76. The third-order valence-electron chi connectivity index (χ3n) is 3.44. The molecular formula is C14H23N3O3. The highest BCUT2D eigenvalue weighted by Crippen LogP contribution is 2.24. The van der Waals surface area contributed by atoms with Gasteiger partial charge in [0, 0.05) is 18.0 Å². The minimum absolute atomic E-state index is 0.123. The fraction of sp³-hybridized carbons (Fsp3) is 0.714. The number of rotatable bonds is 2. The first-order chi connectivity index (χ1) is 9.41. The van der Waals surface area contributed by atoms with Gasteiger partial charge in [-0.15, -0.1) is 0 Å². The molecule has 2 rings (SSSR count). The first-order valence-corrected chi connectivity index (χ1v) is 7.04. The van der Waals surface area contributed by atoms with Crippen molar-refractivity contribution in [3.8, 4) is 0 Å². The average molecular weight is 281 g/mol. The van der Waals surface area contributed by atoms with Gasteiger partial charge in [-0.05, 0) is 6.42 Å². The maximum Gasteiger partial charge on any atom is 0.323 e. The predicted octanol–water partition coefficient (Wildman–Crippen LogP) is 2.61. The summed E-state index contributed by atoms with van der Waals surface area (Å²) >= 11 is 0. The summed E-state index contributed by atoms with van der Waals surface area (Å²) in [6.45, 7) is 9.93. The van der Waals surface area contributed by atoms with Crippen LogP contribution in [0, 0.1) is 0 Å². The number of aromatic nitrogens is 1. The standard InChI is InChI=1S/C14H23N3O3/c1-5-10-9-19-7-6-17(10)13(18)15-12-8-11(20-16-12)14(2,3)4/h8,10H,5-7,9H2,1-4H3,(H,15,16,18)/t10-/m1/s1. The number of urea groups is 1. The fourth-order valence-electron chi connectivity index (χ4n) is 2.13. The minimum Gasteiger partial charge on any atom is -0.377 e. The Kier molecular flexibility index (Phi) is 4.32. The number of amides is 2. The third-order valence-corrected chi connectivity index (χ3v) is 3.44. The van der Waals surface area contributed by atoms with E-state index in [1.165, 1.54) is 0 Å². The first kappa shape index (κ1) is 14.8. The zero-order valence-electron chi connectivity index (χ0n) is 12.6. The highest BCUT2D eigenvalue weighted by atomic mass is 16.5. The van der Waals surface area contributed by atoms with Gasteiger partial charge >= 0.3 is 6.03 Å². The van der Waals surface area contributed by atoms with Gasteiger partial charge in [-0.25, -0.2) is 4.79 Å². The van der Waals surface area contributed by atoms with Gasteiger partial charge in [0.25, 0.3) is 0 Å². The molecule has 2 amide bonds. The molecule has 1 aromatic heterocycles. The van der Waals surface area contributed by atoms with Crippen LogP contribution in [-0.4, -0.2) is 41.9 Å². The van der Waals surface area contributed by atoms with Crippen LogP contribution in [0.3, 0.4) is 0 Å². The van der Waals surface area contributed by atoms with Gasteiger partial charge in [-0.1, -0.05) is 32.9 Å². The van der Waals surface area contributed by atoms with Crippen molar-refractivity contribution in [2.24, 2.45) is 0 Å². The quantitative estimate of drug-likeness (QED) is 0.904. The van der Waals surface area contributed by atoms with Crippen molar-refractivity contribution in [3.63, 3.8) is 0 Å². The van der Waals surface area contributed by atoms with E-state index >= 15 is 0 Å². The summed E-state index contributed by atoms with van der Waals surface area (Å²) < 4.78 is 10.7. The molecule has 1 fully saturated rings. The van der Waals surface area contributed by atoms with Crippen LogP contribution in [0.4, 0.5) is 10.6 Å². The second kappa shape index (κ2) is 5.83. The van der Waals surface area contributed by atoms with Crippen LogP contribution in [-0.2, 0) is 10.2 Å². The molecule has 1 aliphatic rings. The van der Waals surface area contributed by atoms with E-state index in [2.05, 4.69) is 10.5 Å². The van der Waals surface area contributed by atoms with E-state index in [4.69, 9.17) is 9.26 Å². The molecule has 0 aromatic carbocycles. The molecule has 0 spiro atoms. The molecule has 0 unspecified atom stereocenters. The number of morpholine rings is 1. The van der Waals surface area contributed by atoms with Gasteiger partial charge in [0.1, 0.15) is 5.76 Å². The van der Waals surface area contributed by atoms with E-state index in [1.54, 1.807) is 11.0 Å². The van der Waals surface area contributed by atoms with E-state index in [-0.39, 0.29) is 17.5 Å². The Morgan fingerprint density at radius 2 is 2.30 bits per heavy atom. The lowest BCUT2D eigenvalue weighted by atomic mass is 9.93. The fourth-order valence-corrected chi connectivity index (χ4v) is 2.13. The Balaban J connectivity index is 2.02. The van der Waals surface area contributed by atoms with Crippen LogP contribution in [0.15, 0.2) is 10.6 Å². The van der Waals surface area contributed by atoms with E-state index < -0.39 is 0 Å². The molecule has 1 N–H and O–H groups in total. The van der Waals surface area contributed by atoms with Gasteiger partial charge in [-0.2, -0.15) is 0 Å². The summed E-state index contributed by atoms with van der Waals surface area (Å²) in [7, 11) is 0. The molecule has 112 valence electrons. The van der Waals surface area contributed by atoms with Crippen LogP contribution in [0.2, 0.25) is 0 Å². The molecule has 0 bridgehead atoms. The summed E-state index contributed by atoms with van der Waals surface area (Å²) in [4.78, 5) is 14.1. The topological polar surface area (TPSA) is 67.6 Å². The lowest BCUT2D eigenvalue weighted by Crippen LogP contribution is -2.50. The van der Waals surface area contributed by atoms with Gasteiger partial charge < -0.3 is 14.2 Å². The SMILES string of the molecule is CC[C@@H]1COCCN1C(=O)Nc1cc(C(C)(C)C)on1. The van der Waals surface area contributed by atoms with Crippen molar-refractivity contribution in [2.75, 3.05) is 25.1 Å². The Labute approximate surface area is 119 Å². The van der Waals surface area contributed by atoms with E-state index in [0.717, 1.165) is 12.2 Å². The van der Waals surface area contributed by atoms with Crippen molar-refractivity contribution in [1.29, 1.82) is 0 Å². The number of hydrogen-bond acceptors (Lipinski definition) is 4. The zero-order valence-corrected chi connectivity index (χ0v) is 12.6. The third kappa shape index (κ3) is 3.30. The Hall–Kier alpha value is -1.56. The van der Waals surface area contributed by atoms with Crippen molar-refractivity contribution in [2.45, 2.75) is 45.6 Å². The number of ether oxygens (including phenoxy) is 1. The van der Waals surface area contributed by atoms with Crippen molar-refractivity contribution in [1.82, 2.24) is 10.1 Å². The molecule has 20 heavy (non-hydrogen) atoms. The number of nitrogens with zero attached hydrogens (tertiary/aromatic N) is 2. The van der Waals surface area contributed by atoms with Crippen molar-refractivity contribution >= 4 is 11.8 Å². The molecule has 0 radical (unpaired) electrons. The zero-order chi connectivity index (χ0) is 14.8. The van der Waals surface area contributed by atoms with Gasteiger partial charge in [0.2, 0.25) is 0 Å². The van der Waals surface area contributed by atoms with Crippen LogP contribution < -0.4 is 5.32 Å². The maximum absolute atomic E-state index is 12.3. The Morgan fingerprint density at radius 3 is 2.90 bits per heavy atom. The molecule has 1 atom stereocenters. The highest BCUT2D eigenvalue weighted by Gasteiger charge is 2.27. The largest absolute Gasteiger partial charge is 0.377 e. The monoisotopic (exact) mass is 281 g/mol. The lowest BCUT2D eigenvalue weighted by molar-refractivity contribution is 0.0143. The molecule has 1 saturated heterocycles. The van der Waals surface area contributed by atoms with Crippen LogP contribution in [0.1, 0.15) is 39.9 Å². The van der Waals surface area contributed by atoms with Crippen LogP contribution in [0.25, 0.3) is 0 Å². The van der Waals surface area contributed by atoms with E-state index in [9.17, 15) is 4.79 Å². The molecule has 1 aromatic rings. The smallest absolute Gasteiger partial charge is 0.323 e. The number of carbonyl (C=O) groups excluding carboxylic acids is 1. The molecule has 6 nitrogen and oxygen atoms in total. The average Bonchev–Trinajstić information content (AvgIpc) is 2.87. The summed E-state index contributed by atoms with van der Waals surface area (Å²) in [5.74, 6) is 1.21. The summed E-state index contributed by atoms with van der Waals surface area (Å²) in [6.07, 6.45) is 0.874. The van der Waals surface area contributed by atoms with Crippen molar-refractivity contribution in [3.05, 3.63) is 11.8 Å². The first-order valence-electron chi connectivity index (χ1n) is 7.04. The number of hydrogen-bond donors (Lipinski definition) is 1. The summed E-state index contributed by atoms with van der Waals surface area (Å²) in [5.41, 5.74) is -0.124. The van der Waals surface area contributed by atoms with E-state index in [0.29, 0.717) is 25.6 Å². The number of anilines is 1. The molecular weight excluding hydrogens is 258 g/mol. The maximum atomic E-state index is 12.3. The van der Waals surface area contributed by atoms with Gasteiger partial charge in [-0.3, -0.25) is 5.32 Å². The number of carbonyl (C=O) groups is 1. The van der Waals surface area contributed by atoms with Crippen molar-refractivity contribution < 1.29 is 14.1 Å². The van der Waals surface area contributed by atoms with E-state index in [1.807, 2.05) is 27.7 Å². The van der Waals surface area contributed by atoms with Crippen LogP contribution in [0.5, 0.6) is 0 Å². The minimum atomic E-state index is -0.145. The molecule has 2 heterocycles. The Morgan fingerprint density at radius 1 is 1.55 bits per heavy atom. The molecule has 1 aliphatic heterocycles.